The van der Waals surface area contributed by atoms with E-state index in [1.165, 1.54) is 12.1 Å². The summed E-state index contributed by atoms with van der Waals surface area (Å²) in [7, 11) is 0. The molecule has 0 atom stereocenters. The Morgan fingerprint density at radius 3 is 2.53 bits per heavy atom. The molecule has 80 valence electrons. The van der Waals surface area contributed by atoms with Crippen molar-refractivity contribution in [1.82, 2.24) is 5.43 Å². The minimum Gasteiger partial charge on any atom is -0.314 e. The molecule has 0 spiro atoms. The van der Waals surface area contributed by atoms with E-state index in [4.69, 9.17) is 17.4 Å². The molecule has 0 aromatic heterocycles. The molecule has 0 saturated heterocycles. The van der Waals surface area contributed by atoms with Crippen molar-refractivity contribution in [2.45, 2.75) is 0 Å². The minimum absolute atomic E-state index is 0.00632. The number of hydrogen-bond acceptors (Lipinski definition) is 3. The van der Waals surface area contributed by atoms with Crippen molar-refractivity contribution in [1.29, 1.82) is 0 Å². The summed E-state index contributed by atoms with van der Waals surface area (Å²) in [5.74, 6) is 1.80. The van der Waals surface area contributed by atoms with E-state index in [0.717, 1.165) is 6.07 Å². The minimum atomic E-state index is -1.09. The highest BCUT2D eigenvalue weighted by Gasteiger charge is 2.15. The molecular formula is C8H7ClFN3O2. The molecule has 2 amide bonds. The quantitative estimate of drug-likeness (QED) is 0.283. The lowest BCUT2D eigenvalue weighted by Crippen LogP contribution is -2.39. The van der Waals surface area contributed by atoms with Crippen LogP contribution in [0.15, 0.2) is 18.2 Å². The number of anilines is 1. The van der Waals surface area contributed by atoms with E-state index >= 15 is 0 Å². The predicted molar refractivity (Wildman–Crippen MR) is 52.4 cm³/mol. The molecule has 0 radical (unpaired) electrons. The molecule has 0 aliphatic heterocycles. The maximum Gasteiger partial charge on any atom is 0.323 e. The fourth-order valence-corrected chi connectivity index (χ4v) is 1.06. The first kappa shape index (κ1) is 11.4. The van der Waals surface area contributed by atoms with Gasteiger partial charge in [0.05, 0.1) is 10.7 Å². The van der Waals surface area contributed by atoms with Crippen LogP contribution in [0.2, 0.25) is 5.02 Å². The van der Waals surface area contributed by atoms with E-state index in [9.17, 15) is 14.0 Å². The number of nitrogens with one attached hydrogen (secondary N) is 2. The highest BCUT2D eigenvalue weighted by atomic mass is 35.5. The van der Waals surface area contributed by atoms with Crippen molar-refractivity contribution in [2.24, 2.45) is 5.84 Å². The third kappa shape index (κ3) is 2.64. The van der Waals surface area contributed by atoms with E-state index in [1.54, 1.807) is 5.43 Å². The summed E-state index contributed by atoms with van der Waals surface area (Å²) < 4.78 is 13.1. The van der Waals surface area contributed by atoms with Crippen LogP contribution >= 0.6 is 11.6 Å². The average molecular weight is 232 g/mol. The number of rotatable bonds is 1. The lowest BCUT2D eigenvalue weighted by atomic mass is 10.3. The Hall–Kier alpha value is -1.66. The van der Waals surface area contributed by atoms with Crippen LogP contribution < -0.4 is 16.6 Å². The Morgan fingerprint density at radius 1 is 1.33 bits per heavy atom. The Balaban J connectivity index is 2.90. The van der Waals surface area contributed by atoms with Gasteiger partial charge in [-0.15, -0.1) is 0 Å². The number of hydrazine groups is 1. The van der Waals surface area contributed by atoms with E-state index in [2.05, 4.69) is 0 Å². The molecule has 0 aliphatic rings. The number of para-hydroxylation sites is 1. The Morgan fingerprint density at radius 2 is 2.00 bits per heavy atom. The molecule has 5 nitrogen and oxygen atoms in total. The van der Waals surface area contributed by atoms with Crippen LogP contribution in [0, 0.1) is 5.82 Å². The topological polar surface area (TPSA) is 84.2 Å². The van der Waals surface area contributed by atoms with Gasteiger partial charge in [0.2, 0.25) is 0 Å². The third-order valence-corrected chi connectivity index (χ3v) is 1.85. The van der Waals surface area contributed by atoms with Crippen molar-refractivity contribution >= 4 is 29.1 Å². The first-order valence-corrected chi connectivity index (χ1v) is 4.20. The fraction of sp³-hybridized carbons (Fsp3) is 0. The van der Waals surface area contributed by atoms with Gasteiger partial charge in [-0.3, -0.25) is 15.0 Å². The monoisotopic (exact) mass is 231 g/mol. The number of hydrogen-bond donors (Lipinski definition) is 3. The van der Waals surface area contributed by atoms with Gasteiger partial charge in [0, 0.05) is 0 Å². The molecule has 0 unspecified atom stereocenters. The molecule has 0 bridgehead atoms. The van der Waals surface area contributed by atoms with Crippen molar-refractivity contribution in [3.05, 3.63) is 29.0 Å². The maximum atomic E-state index is 13.1. The molecule has 0 fully saturated rings. The summed E-state index contributed by atoms with van der Waals surface area (Å²) in [6, 6.07) is 3.85. The fourth-order valence-electron chi connectivity index (χ4n) is 0.853. The zero-order valence-corrected chi connectivity index (χ0v) is 8.14. The summed E-state index contributed by atoms with van der Waals surface area (Å²) in [5.41, 5.74) is 1.35. The molecule has 4 N–H and O–H groups in total. The summed E-state index contributed by atoms with van der Waals surface area (Å²) >= 11 is 5.60. The number of carbonyl (C=O) groups is 2. The number of nitrogens with two attached hydrogens (primary N) is 1. The summed E-state index contributed by atoms with van der Waals surface area (Å²) in [5, 5.41) is 1.98. The third-order valence-electron chi connectivity index (χ3n) is 1.54. The predicted octanol–water partition coefficient (Wildman–Crippen LogP) is 0.407. The lowest BCUT2D eigenvalue weighted by Gasteiger charge is -2.06. The number of benzene rings is 1. The zero-order chi connectivity index (χ0) is 11.4. The smallest absolute Gasteiger partial charge is 0.314 e. The molecule has 0 heterocycles. The molecular weight excluding hydrogens is 225 g/mol. The summed E-state index contributed by atoms with van der Waals surface area (Å²) in [6.07, 6.45) is 0. The van der Waals surface area contributed by atoms with Crippen molar-refractivity contribution in [3.63, 3.8) is 0 Å². The molecule has 7 heteroatoms. The molecule has 15 heavy (non-hydrogen) atoms. The standard InChI is InChI=1S/C8H7ClFN3O2/c9-4-2-1-3-5(10)6(4)12-7(14)8(15)13-11/h1-3H,11H2,(H,12,14)(H,13,15). The molecule has 1 rings (SSSR count). The molecule has 1 aromatic rings. The number of halogens is 2. The van der Waals surface area contributed by atoms with Crippen LogP contribution in [0.4, 0.5) is 10.1 Å². The second kappa shape index (κ2) is 4.72. The van der Waals surface area contributed by atoms with Crippen LogP contribution in [0.25, 0.3) is 0 Å². The Bertz CT molecular complexity index is 391. The van der Waals surface area contributed by atoms with E-state index in [1.807, 2.05) is 5.32 Å². The van der Waals surface area contributed by atoms with Crippen molar-refractivity contribution in [2.75, 3.05) is 5.32 Å². The molecule has 0 aliphatic carbocycles. The second-order valence-electron chi connectivity index (χ2n) is 2.52. The SMILES string of the molecule is NNC(=O)C(=O)Nc1c(F)cccc1Cl. The van der Waals surface area contributed by atoms with Gasteiger partial charge in [-0.1, -0.05) is 17.7 Å². The largest absolute Gasteiger partial charge is 0.323 e. The number of amides is 2. The van der Waals surface area contributed by atoms with Gasteiger partial charge in [0.25, 0.3) is 0 Å². The van der Waals surface area contributed by atoms with Gasteiger partial charge in [-0.25, -0.2) is 10.2 Å². The molecule has 0 saturated carbocycles. The maximum absolute atomic E-state index is 13.1. The average Bonchev–Trinajstić information content (AvgIpc) is 2.22. The van der Waals surface area contributed by atoms with Gasteiger partial charge in [0.15, 0.2) is 0 Å². The van der Waals surface area contributed by atoms with Gasteiger partial charge >= 0.3 is 11.8 Å². The summed E-state index contributed by atoms with van der Waals surface area (Å²) in [4.78, 5) is 21.7. The van der Waals surface area contributed by atoms with Crippen LogP contribution in [-0.2, 0) is 9.59 Å². The van der Waals surface area contributed by atoms with Crippen LogP contribution in [-0.4, -0.2) is 11.8 Å². The first-order chi connectivity index (χ1) is 7.06. The lowest BCUT2D eigenvalue weighted by molar-refractivity contribution is -0.136. The summed E-state index contributed by atoms with van der Waals surface area (Å²) in [6.45, 7) is 0. The highest BCUT2D eigenvalue weighted by molar-refractivity contribution is 6.41. The van der Waals surface area contributed by atoms with E-state index in [0.29, 0.717) is 0 Å². The normalized spacial score (nSPS) is 9.53. The Labute approximate surface area is 89.4 Å². The van der Waals surface area contributed by atoms with Gasteiger partial charge in [-0.2, -0.15) is 0 Å². The Kier molecular flexibility index (Phi) is 3.59. The van der Waals surface area contributed by atoms with E-state index in [-0.39, 0.29) is 10.7 Å². The second-order valence-corrected chi connectivity index (χ2v) is 2.93. The van der Waals surface area contributed by atoms with Crippen LogP contribution in [0.5, 0.6) is 0 Å². The first-order valence-electron chi connectivity index (χ1n) is 3.82. The highest BCUT2D eigenvalue weighted by Crippen LogP contribution is 2.24. The van der Waals surface area contributed by atoms with Gasteiger partial charge < -0.3 is 5.32 Å². The number of carbonyl (C=O) groups excluding carboxylic acids is 2. The zero-order valence-electron chi connectivity index (χ0n) is 7.38. The van der Waals surface area contributed by atoms with E-state index < -0.39 is 17.6 Å². The molecule has 1 aromatic carbocycles. The van der Waals surface area contributed by atoms with Crippen LogP contribution in [0.3, 0.4) is 0 Å². The van der Waals surface area contributed by atoms with Crippen molar-refractivity contribution in [3.8, 4) is 0 Å². The van der Waals surface area contributed by atoms with Gasteiger partial charge in [0.1, 0.15) is 5.82 Å². The van der Waals surface area contributed by atoms with Gasteiger partial charge in [-0.05, 0) is 12.1 Å². The van der Waals surface area contributed by atoms with Crippen molar-refractivity contribution < 1.29 is 14.0 Å². The van der Waals surface area contributed by atoms with Crippen LogP contribution in [0.1, 0.15) is 0 Å².